The van der Waals surface area contributed by atoms with Gasteiger partial charge in [-0.1, -0.05) is 61.9 Å². The van der Waals surface area contributed by atoms with Crippen LogP contribution in [0, 0.1) is 0 Å². The summed E-state index contributed by atoms with van der Waals surface area (Å²) < 4.78 is 0. The fourth-order valence-corrected chi connectivity index (χ4v) is 3.83. The largest absolute Gasteiger partial charge is 0.480 e. The van der Waals surface area contributed by atoms with E-state index in [0.717, 1.165) is 35.1 Å². The lowest BCUT2D eigenvalue weighted by Gasteiger charge is -2.32. The number of aromatic amines is 1. The van der Waals surface area contributed by atoms with Crippen molar-refractivity contribution < 1.29 is 14.7 Å². The molecule has 0 aliphatic rings. The molecular formula is C23H27N7O3S. The number of carboxylic acid groups (broad SMARTS) is 1. The Bertz CT molecular complexity index is 1100. The Morgan fingerprint density at radius 1 is 1.06 bits per heavy atom. The summed E-state index contributed by atoms with van der Waals surface area (Å²) in [5, 5.41) is 23.8. The number of hydrogen-bond donors (Lipinski definition) is 3. The monoisotopic (exact) mass is 481 g/mol. The number of carbonyl (C=O) groups excluding carboxylic acids is 1. The second kappa shape index (κ2) is 11.8. The Balaban J connectivity index is 1.81. The summed E-state index contributed by atoms with van der Waals surface area (Å²) >= 11 is 5.57. The maximum Gasteiger partial charge on any atom is 0.323 e. The zero-order valence-electron chi connectivity index (χ0n) is 18.8. The number of amides is 1. The van der Waals surface area contributed by atoms with Crippen molar-refractivity contribution in [2.45, 2.75) is 26.3 Å². The van der Waals surface area contributed by atoms with Crippen LogP contribution in [-0.2, 0) is 16.1 Å². The van der Waals surface area contributed by atoms with E-state index in [4.69, 9.17) is 18.0 Å². The zero-order valence-corrected chi connectivity index (χ0v) is 19.7. The first-order chi connectivity index (χ1) is 16.4. The summed E-state index contributed by atoms with van der Waals surface area (Å²) in [6.07, 6.45) is 1.81. The average Bonchev–Trinajstić information content (AvgIpc) is 3.35. The second-order valence-corrected chi connectivity index (χ2v) is 8.12. The van der Waals surface area contributed by atoms with Crippen molar-refractivity contribution in [2.24, 2.45) is 5.73 Å². The quantitative estimate of drug-likeness (QED) is 0.352. The van der Waals surface area contributed by atoms with E-state index in [-0.39, 0.29) is 6.54 Å². The number of aromatic nitrogens is 4. The van der Waals surface area contributed by atoms with Gasteiger partial charge in [0.25, 0.3) is 0 Å². The summed E-state index contributed by atoms with van der Waals surface area (Å²) in [6.45, 7) is 2.53. The van der Waals surface area contributed by atoms with E-state index in [1.54, 1.807) is 0 Å². The number of carbonyl (C=O) groups is 2. The van der Waals surface area contributed by atoms with Gasteiger partial charge in [-0.15, -0.1) is 10.2 Å². The number of primary amides is 1. The number of unbranched alkanes of at least 4 members (excludes halogenated alkanes) is 1. The second-order valence-electron chi connectivity index (χ2n) is 7.75. The minimum atomic E-state index is -1.08. The van der Waals surface area contributed by atoms with Crippen molar-refractivity contribution >= 4 is 29.2 Å². The topological polar surface area (TPSA) is 141 Å². The average molecular weight is 482 g/mol. The Labute approximate surface area is 202 Å². The highest BCUT2D eigenvalue weighted by atomic mass is 32.1. The van der Waals surface area contributed by atoms with Crippen LogP contribution in [-0.4, -0.2) is 72.2 Å². The minimum absolute atomic E-state index is 0.250. The number of H-pyrrole nitrogens is 1. The molecule has 2 aromatic carbocycles. The highest BCUT2D eigenvalue weighted by Gasteiger charge is 2.21. The van der Waals surface area contributed by atoms with E-state index in [2.05, 4.69) is 27.5 Å². The zero-order chi connectivity index (χ0) is 24.5. The molecule has 0 saturated heterocycles. The number of carboxylic acids is 1. The van der Waals surface area contributed by atoms with Crippen molar-refractivity contribution in [3.63, 3.8) is 0 Å². The van der Waals surface area contributed by atoms with E-state index in [9.17, 15) is 14.7 Å². The summed E-state index contributed by atoms with van der Waals surface area (Å²) in [6, 6.07) is 15.8. The van der Waals surface area contributed by atoms with Gasteiger partial charge in [0.15, 0.2) is 5.11 Å². The molecule has 3 rings (SSSR count). The van der Waals surface area contributed by atoms with E-state index >= 15 is 0 Å². The van der Waals surface area contributed by atoms with Gasteiger partial charge in [-0.25, -0.2) is 0 Å². The van der Waals surface area contributed by atoms with E-state index in [1.165, 1.54) is 4.90 Å². The molecule has 3 aromatic rings. The van der Waals surface area contributed by atoms with Crippen LogP contribution < -0.4 is 5.73 Å². The molecule has 0 radical (unpaired) electrons. The molecule has 0 unspecified atom stereocenters. The van der Waals surface area contributed by atoms with Gasteiger partial charge < -0.3 is 20.6 Å². The molecule has 0 aliphatic heterocycles. The third-order valence-electron chi connectivity index (χ3n) is 5.15. The molecule has 10 nitrogen and oxygen atoms in total. The fraction of sp³-hybridized carbons (Fsp3) is 0.304. The molecule has 11 heteroatoms. The van der Waals surface area contributed by atoms with Gasteiger partial charge in [-0.05, 0) is 40.5 Å². The molecule has 0 atom stereocenters. The number of aliphatic carboxylic acids is 1. The van der Waals surface area contributed by atoms with Crippen LogP contribution in [0.2, 0.25) is 0 Å². The minimum Gasteiger partial charge on any atom is -0.480 e. The predicted octanol–water partition coefficient (Wildman–Crippen LogP) is 2.29. The van der Waals surface area contributed by atoms with Crippen LogP contribution in [0.3, 0.4) is 0 Å². The molecule has 178 valence electrons. The van der Waals surface area contributed by atoms with Gasteiger partial charge in [0.1, 0.15) is 6.54 Å². The van der Waals surface area contributed by atoms with E-state index in [0.29, 0.717) is 24.0 Å². The summed E-state index contributed by atoms with van der Waals surface area (Å²) in [5.74, 6) is -1.20. The Kier molecular flexibility index (Phi) is 8.63. The normalized spacial score (nSPS) is 10.6. The van der Waals surface area contributed by atoms with Crippen molar-refractivity contribution in [3.8, 4) is 22.5 Å². The number of benzene rings is 2. The van der Waals surface area contributed by atoms with Gasteiger partial charge in [-0.3, -0.25) is 9.59 Å². The molecule has 0 fully saturated rings. The van der Waals surface area contributed by atoms with Crippen LogP contribution in [0.15, 0.2) is 48.5 Å². The first-order valence-corrected chi connectivity index (χ1v) is 11.3. The molecule has 1 heterocycles. The Hall–Kier alpha value is -3.86. The maximum atomic E-state index is 11.5. The molecule has 1 amide bonds. The summed E-state index contributed by atoms with van der Waals surface area (Å²) in [7, 11) is 0. The number of thiocarbonyl (C=S) groups is 1. The van der Waals surface area contributed by atoms with Crippen molar-refractivity contribution in [3.05, 3.63) is 54.1 Å². The first kappa shape index (κ1) is 24.8. The molecule has 0 spiro atoms. The smallest absolute Gasteiger partial charge is 0.323 e. The molecule has 34 heavy (non-hydrogen) atoms. The van der Waals surface area contributed by atoms with E-state index < -0.39 is 18.4 Å². The Morgan fingerprint density at radius 2 is 1.76 bits per heavy atom. The first-order valence-electron chi connectivity index (χ1n) is 10.8. The standard InChI is InChI=1S/C23H27N7O3S/c1-2-3-12-29(23(34)30(14-20(24)31)15-21(32)33)13-16-8-10-17(11-9-16)18-6-4-5-7-19(18)22-25-27-28-26-22/h4-11H,2-3,12-15H2,1H3,(H2,24,31)(H,32,33)(H,25,26,27,28). The molecule has 0 aliphatic carbocycles. The SMILES string of the molecule is CCCCN(Cc1ccc(-c2ccccc2-c2nn[nH]n2)cc1)C(=S)N(CC(N)=O)CC(=O)O. The lowest BCUT2D eigenvalue weighted by Crippen LogP contribution is -2.48. The number of rotatable bonds is 11. The predicted molar refractivity (Wildman–Crippen MR) is 131 cm³/mol. The lowest BCUT2D eigenvalue weighted by molar-refractivity contribution is -0.137. The van der Waals surface area contributed by atoms with Crippen LogP contribution in [0.5, 0.6) is 0 Å². The highest BCUT2D eigenvalue weighted by Crippen LogP contribution is 2.29. The highest BCUT2D eigenvalue weighted by molar-refractivity contribution is 7.80. The van der Waals surface area contributed by atoms with Gasteiger partial charge in [0.2, 0.25) is 11.7 Å². The molecule has 0 bridgehead atoms. The third kappa shape index (κ3) is 6.58. The van der Waals surface area contributed by atoms with Crippen LogP contribution in [0.25, 0.3) is 22.5 Å². The number of nitrogens with two attached hydrogens (primary N) is 1. The number of hydrogen-bond acceptors (Lipinski definition) is 6. The number of nitrogens with one attached hydrogen (secondary N) is 1. The molecular weight excluding hydrogens is 454 g/mol. The van der Waals surface area contributed by atoms with Crippen LogP contribution >= 0.6 is 12.2 Å². The fourth-order valence-electron chi connectivity index (χ4n) is 3.55. The number of nitrogens with zero attached hydrogens (tertiary/aromatic N) is 5. The maximum absolute atomic E-state index is 11.5. The third-order valence-corrected chi connectivity index (χ3v) is 5.66. The summed E-state index contributed by atoms with van der Waals surface area (Å²) in [4.78, 5) is 26.0. The van der Waals surface area contributed by atoms with Crippen molar-refractivity contribution in [2.75, 3.05) is 19.6 Å². The van der Waals surface area contributed by atoms with Gasteiger partial charge in [0.05, 0.1) is 6.54 Å². The summed E-state index contributed by atoms with van der Waals surface area (Å²) in [5.41, 5.74) is 9.14. The lowest BCUT2D eigenvalue weighted by atomic mass is 9.98. The van der Waals surface area contributed by atoms with E-state index in [1.807, 2.05) is 53.4 Å². The molecule has 0 saturated carbocycles. The van der Waals surface area contributed by atoms with Crippen LogP contribution in [0.1, 0.15) is 25.3 Å². The molecule has 1 aromatic heterocycles. The van der Waals surface area contributed by atoms with Crippen molar-refractivity contribution in [1.82, 2.24) is 30.4 Å². The van der Waals surface area contributed by atoms with Gasteiger partial charge >= 0.3 is 5.97 Å². The van der Waals surface area contributed by atoms with Crippen molar-refractivity contribution in [1.29, 1.82) is 0 Å². The molecule has 4 N–H and O–H groups in total. The number of tetrazole rings is 1. The van der Waals surface area contributed by atoms with Gasteiger partial charge in [-0.2, -0.15) is 5.21 Å². The van der Waals surface area contributed by atoms with Gasteiger partial charge in [0, 0.05) is 18.7 Å². The Morgan fingerprint density at radius 3 is 2.35 bits per heavy atom. The van der Waals surface area contributed by atoms with Crippen LogP contribution in [0.4, 0.5) is 0 Å².